The maximum Gasteiger partial charge on any atom is 0.319 e. The molecule has 1 radical (unpaired) electrons. The van der Waals surface area contributed by atoms with Crippen LogP contribution in [0.15, 0.2) is 11.3 Å². The Bertz CT molecular complexity index is 303. The molecule has 2 N–H and O–H groups in total. The van der Waals surface area contributed by atoms with Crippen molar-refractivity contribution < 1.29 is 4.79 Å². The highest BCUT2D eigenvalue weighted by atomic mass is 16.2. The van der Waals surface area contributed by atoms with Crippen LogP contribution in [-0.2, 0) is 0 Å². The fourth-order valence-corrected chi connectivity index (χ4v) is 2.96. The number of urea groups is 1. The second kappa shape index (κ2) is 4.89. The predicted octanol–water partition coefficient (Wildman–Crippen LogP) is 2.75. The van der Waals surface area contributed by atoms with Crippen LogP contribution in [0.3, 0.4) is 0 Å². The quantitative estimate of drug-likeness (QED) is 0.739. The van der Waals surface area contributed by atoms with Gasteiger partial charge in [0.1, 0.15) is 0 Å². The summed E-state index contributed by atoms with van der Waals surface area (Å²) in [6, 6.07) is 0.178. The van der Waals surface area contributed by atoms with Crippen LogP contribution in [0.25, 0.3) is 0 Å². The molecule has 3 nitrogen and oxygen atoms in total. The van der Waals surface area contributed by atoms with E-state index in [1.165, 1.54) is 37.7 Å². The Morgan fingerprint density at radius 3 is 2.62 bits per heavy atom. The Hall–Kier alpha value is -0.990. The highest BCUT2D eigenvalue weighted by molar-refractivity contribution is 5.78. The van der Waals surface area contributed by atoms with E-state index in [9.17, 15) is 4.79 Å². The first-order valence-corrected chi connectivity index (χ1v) is 6.28. The lowest BCUT2D eigenvalue weighted by Gasteiger charge is -2.36. The van der Waals surface area contributed by atoms with Crippen LogP contribution in [0.5, 0.6) is 0 Å². The summed E-state index contributed by atoms with van der Waals surface area (Å²) in [5.41, 5.74) is 2.29. The number of rotatable bonds is 2. The van der Waals surface area contributed by atoms with Gasteiger partial charge in [-0.1, -0.05) is 19.3 Å². The lowest BCUT2D eigenvalue weighted by Crippen LogP contribution is -2.51. The van der Waals surface area contributed by atoms with Gasteiger partial charge in [-0.15, -0.1) is 0 Å². The van der Waals surface area contributed by atoms with Gasteiger partial charge < -0.3 is 10.6 Å². The molecule has 16 heavy (non-hydrogen) atoms. The van der Waals surface area contributed by atoms with Crippen molar-refractivity contribution in [3.8, 4) is 0 Å². The molecule has 2 aliphatic rings. The van der Waals surface area contributed by atoms with Gasteiger partial charge in [-0.2, -0.15) is 0 Å². The van der Waals surface area contributed by atoms with Crippen molar-refractivity contribution in [2.75, 3.05) is 0 Å². The van der Waals surface area contributed by atoms with Gasteiger partial charge in [-0.05, 0) is 44.6 Å². The molecule has 1 aliphatic carbocycles. The summed E-state index contributed by atoms with van der Waals surface area (Å²) < 4.78 is 0. The van der Waals surface area contributed by atoms with E-state index in [4.69, 9.17) is 0 Å². The first-order chi connectivity index (χ1) is 7.72. The number of allylic oxidation sites excluding steroid dienone is 1. The molecular formula is C13H21N2O. The van der Waals surface area contributed by atoms with E-state index in [0.29, 0.717) is 5.92 Å². The molecule has 1 atom stereocenters. The third-order valence-electron chi connectivity index (χ3n) is 3.84. The number of carbonyl (C=O) groups excluding carboxylic acids is 1. The van der Waals surface area contributed by atoms with Crippen LogP contribution < -0.4 is 10.6 Å². The molecule has 2 rings (SSSR count). The van der Waals surface area contributed by atoms with E-state index in [2.05, 4.69) is 17.6 Å². The molecule has 1 heterocycles. The zero-order chi connectivity index (χ0) is 11.5. The Morgan fingerprint density at radius 1 is 1.31 bits per heavy atom. The van der Waals surface area contributed by atoms with Gasteiger partial charge in [0.25, 0.3) is 0 Å². The van der Waals surface area contributed by atoms with Gasteiger partial charge in [0.15, 0.2) is 0 Å². The first-order valence-electron chi connectivity index (χ1n) is 6.28. The Balaban J connectivity index is 2.16. The van der Waals surface area contributed by atoms with Crippen LogP contribution in [0.4, 0.5) is 4.79 Å². The van der Waals surface area contributed by atoms with Gasteiger partial charge >= 0.3 is 6.03 Å². The van der Waals surface area contributed by atoms with E-state index in [0.717, 1.165) is 12.1 Å². The summed E-state index contributed by atoms with van der Waals surface area (Å²) in [5, 5.41) is 5.91. The zero-order valence-corrected chi connectivity index (χ0v) is 10.0. The molecule has 3 heteroatoms. The average Bonchev–Trinajstić information content (AvgIpc) is 2.29. The summed E-state index contributed by atoms with van der Waals surface area (Å²) in [4.78, 5) is 11.5. The van der Waals surface area contributed by atoms with E-state index in [-0.39, 0.29) is 12.1 Å². The maximum absolute atomic E-state index is 11.5. The van der Waals surface area contributed by atoms with Crippen LogP contribution >= 0.6 is 0 Å². The first kappa shape index (κ1) is 11.5. The van der Waals surface area contributed by atoms with Crippen molar-refractivity contribution >= 4 is 6.03 Å². The third-order valence-corrected chi connectivity index (χ3v) is 3.84. The SMILES string of the molecule is [CH2]CC1=C(C)NC(=O)NC1C1CCCCC1. The summed E-state index contributed by atoms with van der Waals surface area (Å²) >= 11 is 0. The minimum absolute atomic E-state index is 0.0507. The smallest absolute Gasteiger partial charge is 0.319 e. The molecule has 0 aromatic carbocycles. The largest absolute Gasteiger partial charge is 0.331 e. The fraction of sp³-hybridized carbons (Fsp3) is 0.692. The van der Waals surface area contributed by atoms with E-state index < -0.39 is 0 Å². The second-order valence-corrected chi connectivity index (χ2v) is 4.87. The maximum atomic E-state index is 11.5. The Labute approximate surface area is 97.7 Å². The standard InChI is InChI=1S/C13H21N2O/c1-3-11-9(2)14-13(16)15-12(11)10-7-5-4-6-8-10/h10,12H,1,3-8H2,2H3,(H2,14,15,16). The molecule has 1 saturated carbocycles. The number of nitrogens with one attached hydrogen (secondary N) is 2. The average molecular weight is 221 g/mol. The normalized spacial score (nSPS) is 27.6. The number of amides is 2. The van der Waals surface area contributed by atoms with E-state index >= 15 is 0 Å². The molecule has 1 fully saturated rings. The minimum atomic E-state index is -0.0507. The van der Waals surface area contributed by atoms with Crippen molar-refractivity contribution in [1.82, 2.24) is 10.6 Å². The molecule has 0 spiro atoms. The predicted molar refractivity (Wildman–Crippen MR) is 64.7 cm³/mol. The third kappa shape index (κ3) is 2.23. The highest BCUT2D eigenvalue weighted by Crippen LogP contribution is 2.32. The lowest BCUT2D eigenvalue weighted by molar-refractivity contribution is 0.224. The number of hydrogen-bond acceptors (Lipinski definition) is 1. The summed E-state index contributed by atoms with van der Waals surface area (Å²) in [6.45, 7) is 5.96. The highest BCUT2D eigenvalue weighted by Gasteiger charge is 2.31. The van der Waals surface area contributed by atoms with Gasteiger partial charge in [0.05, 0.1) is 6.04 Å². The van der Waals surface area contributed by atoms with Crippen molar-refractivity contribution in [2.24, 2.45) is 5.92 Å². The molecule has 0 saturated heterocycles. The summed E-state index contributed by atoms with van der Waals surface area (Å²) in [6.07, 6.45) is 7.20. The Morgan fingerprint density at radius 2 is 2.00 bits per heavy atom. The van der Waals surface area contributed by atoms with Crippen LogP contribution in [0, 0.1) is 12.8 Å². The molecule has 0 aromatic heterocycles. The second-order valence-electron chi connectivity index (χ2n) is 4.87. The molecule has 0 aromatic rings. The fourth-order valence-electron chi connectivity index (χ4n) is 2.96. The molecule has 1 unspecified atom stereocenters. The zero-order valence-electron chi connectivity index (χ0n) is 10.0. The van der Waals surface area contributed by atoms with E-state index in [1.54, 1.807) is 0 Å². The van der Waals surface area contributed by atoms with Crippen molar-refractivity contribution in [2.45, 2.75) is 51.5 Å². The minimum Gasteiger partial charge on any atom is -0.331 e. The summed E-state index contributed by atoms with van der Waals surface area (Å²) in [5.74, 6) is 0.617. The molecule has 0 bridgehead atoms. The van der Waals surface area contributed by atoms with Crippen LogP contribution in [0.2, 0.25) is 0 Å². The number of carbonyl (C=O) groups is 1. The van der Waals surface area contributed by atoms with Crippen molar-refractivity contribution in [3.05, 3.63) is 18.2 Å². The topological polar surface area (TPSA) is 41.1 Å². The molecule has 89 valence electrons. The lowest BCUT2D eigenvalue weighted by atomic mass is 9.79. The summed E-state index contributed by atoms with van der Waals surface area (Å²) in [7, 11) is 0. The number of hydrogen-bond donors (Lipinski definition) is 2. The van der Waals surface area contributed by atoms with Crippen molar-refractivity contribution in [3.63, 3.8) is 0 Å². The molecule has 1 aliphatic heterocycles. The van der Waals surface area contributed by atoms with Gasteiger partial charge in [0, 0.05) is 5.70 Å². The Kier molecular flexibility index (Phi) is 3.52. The molecule has 2 amide bonds. The van der Waals surface area contributed by atoms with Crippen LogP contribution in [0.1, 0.15) is 45.4 Å². The van der Waals surface area contributed by atoms with Gasteiger partial charge in [0.2, 0.25) is 0 Å². The molecular weight excluding hydrogens is 200 g/mol. The van der Waals surface area contributed by atoms with Gasteiger partial charge in [-0.3, -0.25) is 0 Å². The van der Waals surface area contributed by atoms with Crippen LogP contribution in [-0.4, -0.2) is 12.1 Å². The van der Waals surface area contributed by atoms with Gasteiger partial charge in [-0.25, -0.2) is 4.79 Å². The van der Waals surface area contributed by atoms with E-state index in [1.807, 2.05) is 6.92 Å². The monoisotopic (exact) mass is 221 g/mol. The van der Waals surface area contributed by atoms with Crippen molar-refractivity contribution in [1.29, 1.82) is 0 Å².